The number of thioether (sulfide) groups is 1. The van der Waals surface area contributed by atoms with E-state index in [2.05, 4.69) is 5.32 Å². The van der Waals surface area contributed by atoms with E-state index in [9.17, 15) is 4.79 Å². The summed E-state index contributed by atoms with van der Waals surface area (Å²) in [4.78, 5) is 12.8. The van der Waals surface area contributed by atoms with E-state index < -0.39 is 0 Å². The molecule has 2 aromatic carbocycles. The van der Waals surface area contributed by atoms with Crippen LogP contribution in [0.2, 0.25) is 5.02 Å². The number of carbonyl (C=O) groups is 1. The number of carbonyl (C=O) groups excluding carboxylic acids is 1. The fourth-order valence-electron chi connectivity index (χ4n) is 1.70. The summed E-state index contributed by atoms with van der Waals surface area (Å²) in [5.41, 5.74) is 6.92. The van der Waals surface area contributed by atoms with E-state index >= 15 is 0 Å². The molecular formula is C15H15ClN2O2S. The minimum Gasteiger partial charge on any atom is -0.496 e. The Bertz CT molecular complexity index is 649. The van der Waals surface area contributed by atoms with Gasteiger partial charge in [0.15, 0.2) is 0 Å². The van der Waals surface area contributed by atoms with Crippen LogP contribution < -0.4 is 15.8 Å². The quantitative estimate of drug-likeness (QED) is 0.651. The Kier molecular flexibility index (Phi) is 5.36. The summed E-state index contributed by atoms with van der Waals surface area (Å²) in [5.74, 6) is 0.781. The molecule has 0 aliphatic rings. The van der Waals surface area contributed by atoms with Crippen molar-refractivity contribution in [3.8, 4) is 5.75 Å². The molecule has 0 heterocycles. The van der Waals surface area contributed by atoms with Gasteiger partial charge in [0.2, 0.25) is 5.91 Å². The molecular weight excluding hydrogens is 308 g/mol. The molecule has 6 heteroatoms. The first kappa shape index (κ1) is 15.5. The average molecular weight is 323 g/mol. The highest BCUT2D eigenvalue weighted by Gasteiger charge is 2.09. The summed E-state index contributed by atoms with van der Waals surface area (Å²) in [6, 6.07) is 12.5. The van der Waals surface area contributed by atoms with Gasteiger partial charge in [0.25, 0.3) is 0 Å². The smallest absolute Gasteiger partial charge is 0.234 e. The molecule has 0 radical (unpaired) electrons. The van der Waals surface area contributed by atoms with Crippen LogP contribution in [0, 0.1) is 0 Å². The van der Waals surface area contributed by atoms with E-state index in [0.717, 1.165) is 4.90 Å². The predicted octanol–water partition coefficient (Wildman–Crippen LogP) is 3.66. The van der Waals surface area contributed by atoms with Crippen molar-refractivity contribution < 1.29 is 9.53 Å². The van der Waals surface area contributed by atoms with Crippen LogP contribution in [-0.4, -0.2) is 18.8 Å². The zero-order valence-electron chi connectivity index (χ0n) is 11.4. The molecule has 0 saturated heterocycles. The van der Waals surface area contributed by atoms with Crippen LogP contribution in [0.15, 0.2) is 47.4 Å². The van der Waals surface area contributed by atoms with Crippen molar-refractivity contribution in [1.82, 2.24) is 0 Å². The number of nitrogen functional groups attached to an aromatic ring is 1. The molecule has 0 aliphatic carbocycles. The van der Waals surface area contributed by atoms with Crippen LogP contribution in [0.3, 0.4) is 0 Å². The van der Waals surface area contributed by atoms with Crippen LogP contribution in [0.25, 0.3) is 0 Å². The fourth-order valence-corrected chi connectivity index (χ4v) is 2.69. The Morgan fingerprint density at radius 1 is 1.33 bits per heavy atom. The maximum atomic E-state index is 11.9. The van der Waals surface area contributed by atoms with E-state index in [1.807, 2.05) is 18.2 Å². The van der Waals surface area contributed by atoms with Gasteiger partial charge in [-0.2, -0.15) is 0 Å². The number of para-hydroxylation sites is 1. The molecule has 0 saturated carbocycles. The highest BCUT2D eigenvalue weighted by Crippen LogP contribution is 2.31. The number of amides is 1. The summed E-state index contributed by atoms with van der Waals surface area (Å²) in [6.45, 7) is 0. The summed E-state index contributed by atoms with van der Waals surface area (Å²) in [6.07, 6.45) is 0. The molecule has 0 bridgehead atoms. The third-order valence-corrected chi connectivity index (χ3v) is 4.08. The van der Waals surface area contributed by atoms with Crippen molar-refractivity contribution in [2.75, 3.05) is 23.9 Å². The first-order chi connectivity index (χ1) is 10.1. The van der Waals surface area contributed by atoms with Crippen molar-refractivity contribution in [2.24, 2.45) is 0 Å². The molecule has 0 aliphatic heterocycles. The highest BCUT2D eigenvalue weighted by molar-refractivity contribution is 8.00. The summed E-state index contributed by atoms with van der Waals surface area (Å²) in [7, 11) is 1.57. The van der Waals surface area contributed by atoms with Crippen molar-refractivity contribution in [3.05, 3.63) is 47.5 Å². The van der Waals surface area contributed by atoms with E-state index in [1.54, 1.807) is 31.4 Å². The number of halogens is 1. The maximum absolute atomic E-state index is 11.9. The first-order valence-electron chi connectivity index (χ1n) is 6.21. The summed E-state index contributed by atoms with van der Waals surface area (Å²) < 4.78 is 5.24. The van der Waals surface area contributed by atoms with Gasteiger partial charge in [0, 0.05) is 16.6 Å². The molecule has 21 heavy (non-hydrogen) atoms. The number of anilines is 2. The van der Waals surface area contributed by atoms with Gasteiger partial charge in [-0.1, -0.05) is 23.7 Å². The van der Waals surface area contributed by atoms with Crippen LogP contribution in [0.1, 0.15) is 0 Å². The Balaban J connectivity index is 1.97. The van der Waals surface area contributed by atoms with Gasteiger partial charge >= 0.3 is 0 Å². The number of hydrogen-bond acceptors (Lipinski definition) is 4. The molecule has 0 unspecified atom stereocenters. The zero-order chi connectivity index (χ0) is 15.2. The molecule has 0 atom stereocenters. The second-order valence-electron chi connectivity index (χ2n) is 4.23. The van der Waals surface area contributed by atoms with Gasteiger partial charge in [-0.3, -0.25) is 4.79 Å². The van der Waals surface area contributed by atoms with Crippen LogP contribution in [-0.2, 0) is 4.79 Å². The lowest BCUT2D eigenvalue weighted by Crippen LogP contribution is -2.14. The Labute approximate surface area is 132 Å². The Morgan fingerprint density at radius 3 is 2.81 bits per heavy atom. The number of rotatable bonds is 5. The van der Waals surface area contributed by atoms with E-state index in [1.165, 1.54) is 11.8 Å². The van der Waals surface area contributed by atoms with E-state index in [0.29, 0.717) is 22.1 Å². The third-order valence-electron chi connectivity index (χ3n) is 2.69. The average Bonchev–Trinajstić information content (AvgIpc) is 2.48. The minimum atomic E-state index is -0.132. The van der Waals surface area contributed by atoms with E-state index in [4.69, 9.17) is 22.1 Å². The zero-order valence-corrected chi connectivity index (χ0v) is 13.0. The van der Waals surface area contributed by atoms with Gasteiger partial charge in [-0.05, 0) is 24.3 Å². The monoisotopic (exact) mass is 322 g/mol. The molecule has 0 aromatic heterocycles. The summed E-state index contributed by atoms with van der Waals surface area (Å²) in [5, 5.41) is 3.29. The number of nitrogens with two attached hydrogens (primary N) is 1. The lowest BCUT2D eigenvalue weighted by molar-refractivity contribution is -0.113. The fraction of sp³-hybridized carbons (Fsp3) is 0.133. The largest absolute Gasteiger partial charge is 0.496 e. The second-order valence-corrected chi connectivity index (χ2v) is 5.65. The normalized spacial score (nSPS) is 10.2. The van der Waals surface area contributed by atoms with Gasteiger partial charge in [0.1, 0.15) is 5.75 Å². The molecule has 1 amide bonds. The second kappa shape index (κ2) is 7.24. The first-order valence-corrected chi connectivity index (χ1v) is 7.57. The van der Waals surface area contributed by atoms with Crippen LogP contribution in [0.4, 0.5) is 11.4 Å². The van der Waals surface area contributed by atoms with Crippen molar-refractivity contribution in [3.63, 3.8) is 0 Å². The predicted molar refractivity (Wildman–Crippen MR) is 88.2 cm³/mol. The lowest BCUT2D eigenvalue weighted by Gasteiger charge is -2.10. The molecule has 0 fully saturated rings. The summed E-state index contributed by atoms with van der Waals surface area (Å²) >= 11 is 7.37. The molecule has 0 spiro atoms. The number of benzene rings is 2. The molecule has 3 N–H and O–H groups in total. The molecule has 2 rings (SSSR count). The topological polar surface area (TPSA) is 64.3 Å². The van der Waals surface area contributed by atoms with Crippen molar-refractivity contribution >= 4 is 40.6 Å². The molecule has 4 nitrogen and oxygen atoms in total. The van der Waals surface area contributed by atoms with E-state index in [-0.39, 0.29) is 11.7 Å². The Hall–Kier alpha value is -1.85. The minimum absolute atomic E-state index is 0.132. The van der Waals surface area contributed by atoms with Gasteiger partial charge in [-0.15, -0.1) is 11.8 Å². The standard InChI is InChI=1S/C15H15ClN2O2S/c1-20-13-8-10(17)6-7-14(13)21-9-15(19)18-12-5-3-2-4-11(12)16/h2-8H,9,17H2,1H3,(H,18,19). The van der Waals surface area contributed by atoms with Crippen LogP contribution >= 0.6 is 23.4 Å². The maximum Gasteiger partial charge on any atom is 0.234 e. The lowest BCUT2D eigenvalue weighted by atomic mass is 10.3. The molecule has 110 valence electrons. The number of methoxy groups -OCH3 is 1. The third kappa shape index (κ3) is 4.31. The van der Waals surface area contributed by atoms with Crippen molar-refractivity contribution in [1.29, 1.82) is 0 Å². The highest BCUT2D eigenvalue weighted by atomic mass is 35.5. The Morgan fingerprint density at radius 2 is 2.10 bits per heavy atom. The SMILES string of the molecule is COc1cc(N)ccc1SCC(=O)Nc1ccccc1Cl. The number of ether oxygens (including phenoxy) is 1. The van der Waals surface area contributed by atoms with Gasteiger partial charge in [0.05, 0.1) is 23.6 Å². The number of hydrogen-bond donors (Lipinski definition) is 2. The van der Waals surface area contributed by atoms with Gasteiger partial charge in [-0.25, -0.2) is 0 Å². The van der Waals surface area contributed by atoms with Gasteiger partial charge < -0.3 is 15.8 Å². The van der Waals surface area contributed by atoms with Crippen LogP contribution in [0.5, 0.6) is 5.75 Å². The molecule has 2 aromatic rings. The number of nitrogens with one attached hydrogen (secondary N) is 1. The van der Waals surface area contributed by atoms with Crippen molar-refractivity contribution in [2.45, 2.75) is 4.90 Å².